The van der Waals surface area contributed by atoms with E-state index >= 15 is 0 Å². The summed E-state index contributed by atoms with van der Waals surface area (Å²) in [5.41, 5.74) is 2.92. The van der Waals surface area contributed by atoms with Crippen molar-refractivity contribution in [2.45, 2.75) is 25.7 Å². The Morgan fingerprint density at radius 1 is 1.38 bits per heavy atom. The van der Waals surface area contributed by atoms with Crippen LogP contribution in [0.1, 0.15) is 34.6 Å². The molecule has 4 heteroatoms. The fourth-order valence-electron chi connectivity index (χ4n) is 1.60. The van der Waals surface area contributed by atoms with Crippen molar-refractivity contribution in [2.24, 2.45) is 0 Å². The number of fused-ring (bicyclic) bond motifs is 1. The minimum absolute atomic E-state index is 0.611. The van der Waals surface area contributed by atoms with Gasteiger partial charge in [-0.3, -0.25) is 9.89 Å². The van der Waals surface area contributed by atoms with Gasteiger partial charge in [-0.2, -0.15) is 5.10 Å². The van der Waals surface area contributed by atoms with Gasteiger partial charge in [-0.15, -0.1) is 0 Å². The number of hydrogen-bond acceptors (Lipinski definition) is 3. The Labute approximate surface area is 77.0 Å². The maximum Gasteiger partial charge on any atom is 0.170 e. The number of nitrogens with one attached hydrogen (secondary N) is 1. The Morgan fingerprint density at radius 3 is 2.77 bits per heavy atom. The number of aryl methyl sites for hydroxylation is 1. The van der Waals surface area contributed by atoms with E-state index in [1.807, 2.05) is 0 Å². The number of aromatic nitrogens is 2. The van der Waals surface area contributed by atoms with Crippen molar-refractivity contribution in [1.82, 2.24) is 10.2 Å². The number of H-pyrrole nitrogens is 1. The molecule has 2 N–H and O–H groups in total. The summed E-state index contributed by atoms with van der Waals surface area (Å²) in [5, 5.41) is 13.8. The van der Waals surface area contributed by atoms with Crippen LogP contribution in [0.5, 0.6) is 0 Å². The fourth-order valence-corrected chi connectivity index (χ4v) is 1.60. The van der Waals surface area contributed by atoms with Crippen molar-refractivity contribution in [3.63, 3.8) is 0 Å². The summed E-state index contributed by atoms with van der Waals surface area (Å²) in [6.45, 7) is 0. The maximum atomic E-state index is 10.5. The lowest BCUT2D eigenvalue weighted by Crippen LogP contribution is -2.01. The summed E-state index contributed by atoms with van der Waals surface area (Å²) in [4.78, 5) is 10.5. The topological polar surface area (TPSA) is 66.0 Å². The van der Waals surface area contributed by atoms with Crippen molar-refractivity contribution in [1.29, 1.82) is 0 Å². The molecule has 0 radical (unpaired) electrons. The predicted octanol–water partition coefficient (Wildman–Crippen LogP) is 0.709. The highest BCUT2D eigenvalue weighted by Crippen LogP contribution is 2.20. The first-order chi connectivity index (χ1) is 6.42. The number of carbonyl (C=O) groups excluding carboxylic acids is 1. The SMILES string of the molecule is CO.O=Cc1n[nH]c2c1CCCC2. The molecule has 0 spiro atoms. The Kier molecular flexibility index (Phi) is 3.64. The van der Waals surface area contributed by atoms with Gasteiger partial charge in [0.2, 0.25) is 0 Å². The molecule has 1 aliphatic rings. The van der Waals surface area contributed by atoms with Gasteiger partial charge in [-0.05, 0) is 25.7 Å². The van der Waals surface area contributed by atoms with E-state index in [9.17, 15) is 4.79 Å². The number of hydrogen-bond donors (Lipinski definition) is 2. The van der Waals surface area contributed by atoms with Crippen LogP contribution in [-0.4, -0.2) is 28.7 Å². The second-order valence-corrected chi connectivity index (χ2v) is 2.89. The summed E-state index contributed by atoms with van der Waals surface area (Å²) in [6, 6.07) is 0. The van der Waals surface area contributed by atoms with Crippen LogP contribution in [0.4, 0.5) is 0 Å². The number of nitrogens with zero attached hydrogens (tertiary/aromatic N) is 1. The highest BCUT2D eigenvalue weighted by molar-refractivity contribution is 5.74. The monoisotopic (exact) mass is 182 g/mol. The van der Waals surface area contributed by atoms with Crippen LogP contribution in [0.2, 0.25) is 0 Å². The molecule has 1 heterocycles. The number of aliphatic hydroxyl groups excluding tert-OH is 1. The molecule has 0 aliphatic heterocycles. The molecule has 0 amide bonds. The lowest BCUT2D eigenvalue weighted by Gasteiger charge is -2.08. The van der Waals surface area contributed by atoms with Crippen LogP contribution in [0.15, 0.2) is 0 Å². The maximum absolute atomic E-state index is 10.5. The molecule has 0 saturated heterocycles. The summed E-state index contributed by atoms with van der Waals surface area (Å²) >= 11 is 0. The second-order valence-electron chi connectivity index (χ2n) is 2.89. The molecule has 0 bridgehead atoms. The zero-order valence-corrected chi connectivity index (χ0v) is 7.71. The van der Waals surface area contributed by atoms with Crippen molar-refractivity contribution in [3.8, 4) is 0 Å². The average molecular weight is 182 g/mol. The van der Waals surface area contributed by atoms with Gasteiger partial charge < -0.3 is 5.11 Å². The van der Waals surface area contributed by atoms with Gasteiger partial charge in [0.25, 0.3) is 0 Å². The normalized spacial score (nSPS) is 14.0. The Balaban J connectivity index is 0.000000396. The fraction of sp³-hybridized carbons (Fsp3) is 0.556. The lowest BCUT2D eigenvalue weighted by molar-refractivity contribution is 0.111. The first-order valence-corrected chi connectivity index (χ1v) is 4.38. The minimum atomic E-state index is 0.611. The van der Waals surface area contributed by atoms with Crippen molar-refractivity contribution in [2.75, 3.05) is 7.11 Å². The second kappa shape index (κ2) is 4.77. The van der Waals surface area contributed by atoms with E-state index in [1.165, 1.54) is 18.5 Å². The van der Waals surface area contributed by atoms with E-state index in [0.717, 1.165) is 31.8 Å². The lowest BCUT2D eigenvalue weighted by atomic mass is 9.96. The van der Waals surface area contributed by atoms with Gasteiger partial charge in [-0.1, -0.05) is 0 Å². The van der Waals surface area contributed by atoms with E-state index in [1.54, 1.807) is 0 Å². The van der Waals surface area contributed by atoms with Crippen molar-refractivity contribution in [3.05, 3.63) is 17.0 Å². The first-order valence-electron chi connectivity index (χ1n) is 4.38. The molecule has 1 aromatic heterocycles. The smallest absolute Gasteiger partial charge is 0.170 e. The first kappa shape index (κ1) is 9.92. The minimum Gasteiger partial charge on any atom is -0.400 e. The molecule has 0 atom stereocenters. The van der Waals surface area contributed by atoms with Gasteiger partial charge in [0.15, 0.2) is 6.29 Å². The van der Waals surface area contributed by atoms with Gasteiger partial charge in [-0.25, -0.2) is 0 Å². The predicted molar refractivity (Wildman–Crippen MR) is 48.8 cm³/mol. The molecule has 0 saturated carbocycles. The zero-order chi connectivity index (χ0) is 9.68. The molecule has 13 heavy (non-hydrogen) atoms. The van der Waals surface area contributed by atoms with Gasteiger partial charge in [0.1, 0.15) is 5.69 Å². The van der Waals surface area contributed by atoms with Gasteiger partial charge >= 0.3 is 0 Å². The van der Waals surface area contributed by atoms with Crippen LogP contribution in [0.3, 0.4) is 0 Å². The number of aliphatic hydroxyl groups is 1. The van der Waals surface area contributed by atoms with E-state index in [2.05, 4.69) is 10.2 Å². The number of aldehydes is 1. The van der Waals surface area contributed by atoms with Gasteiger partial charge in [0, 0.05) is 18.4 Å². The Hall–Kier alpha value is -1.16. The number of rotatable bonds is 1. The van der Waals surface area contributed by atoms with Crippen molar-refractivity contribution < 1.29 is 9.90 Å². The third-order valence-corrected chi connectivity index (χ3v) is 2.20. The molecule has 0 fully saturated rings. The van der Waals surface area contributed by atoms with Crippen molar-refractivity contribution >= 4 is 6.29 Å². The van der Waals surface area contributed by atoms with E-state index in [4.69, 9.17) is 5.11 Å². The van der Waals surface area contributed by atoms with Crippen LogP contribution in [0, 0.1) is 0 Å². The molecular formula is C9H14N2O2. The number of carbonyl (C=O) groups is 1. The van der Waals surface area contributed by atoms with Crippen LogP contribution in [0.25, 0.3) is 0 Å². The molecular weight excluding hydrogens is 168 g/mol. The van der Waals surface area contributed by atoms with E-state index in [0.29, 0.717) is 5.69 Å². The molecule has 1 aliphatic carbocycles. The van der Waals surface area contributed by atoms with Crippen LogP contribution < -0.4 is 0 Å². The third-order valence-electron chi connectivity index (χ3n) is 2.20. The molecule has 4 nitrogen and oxygen atoms in total. The van der Waals surface area contributed by atoms with Crippen LogP contribution in [-0.2, 0) is 12.8 Å². The largest absolute Gasteiger partial charge is 0.400 e. The molecule has 0 unspecified atom stereocenters. The highest BCUT2D eigenvalue weighted by atomic mass is 16.2. The summed E-state index contributed by atoms with van der Waals surface area (Å²) in [6.07, 6.45) is 5.30. The molecule has 2 rings (SSSR count). The van der Waals surface area contributed by atoms with Gasteiger partial charge in [0.05, 0.1) is 0 Å². The summed E-state index contributed by atoms with van der Waals surface area (Å²) in [5.74, 6) is 0. The molecule has 0 aromatic carbocycles. The third kappa shape index (κ3) is 1.95. The molecule has 1 aromatic rings. The molecule has 72 valence electrons. The highest BCUT2D eigenvalue weighted by Gasteiger charge is 2.15. The van der Waals surface area contributed by atoms with Crippen LogP contribution >= 0.6 is 0 Å². The standard InChI is InChI=1S/C8H10N2O.CH4O/c11-5-8-6-3-1-2-4-7(6)9-10-8;1-2/h5H,1-4H2,(H,9,10);2H,1H3. The zero-order valence-electron chi connectivity index (χ0n) is 7.71. The average Bonchev–Trinajstić information content (AvgIpc) is 2.64. The Morgan fingerprint density at radius 2 is 2.08 bits per heavy atom. The van der Waals surface area contributed by atoms with E-state index < -0.39 is 0 Å². The Bertz CT molecular complexity index is 281. The summed E-state index contributed by atoms with van der Waals surface area (Å²) in [7, 11) is 1.00. The summed E-state index contributed by atoms with van der Waals surface area (Å²) < 4.78 is 0. The quantitative estimate of drug-likeness (QED) is 0.628. The number of aromatic amines is 1. The van der Waals surface area contributed by atoms with E-state index in [-0.39, 0.29) is 0 Å².